The molecule has 4 aliphatic rings. The van der Waals surface area contributed by atoms with Gasteiger partial charge >= 0.3 is 0 Å². The van der Waals surface area contributed by atoms with E-state index in [4.69, 9.17) is 15.0 Å². The van der Waals surface area contributed by atoms with Gasteiger partial charge in [0.2, 0.25) is 0 Å². The molecule has 0 unspecified atom stereocenters. The third-order valence-corrected chi connectivity index (χ3v) is 42.9. The van der Waals surface area contributed by atoms with Gasteiger partial charge in [0.05, 0.1) is 32.3 Å². The summed E-state index contributed by atoms with van der Waals surface area (Å²) < 4.78 is 0. The molecule has 4 saturated heterocycles. The molecule has 0 aliphatic carbocycles. The molecule has 14 aromatic rings. The first-order valence-electron chi connectivity index (χ1n) is 42.9. The van der Waals surface area contributed by atoms with Crippen molar-refractivity contribution in [3.63, 3.8) is 0 Å². The quantitative estimate of drug-likeness (QED) is 0.0839. The monoisotopic (exact) mass is 2380 g/mol. The minimum absolute atomic E-state index is 0. The summed E-state index contributed by atoms with van der Waals surface area (Å²) in [5, 5.41) is 6.31. The van der Waals surface area contributed by atoms with Crippen LogP contribution in [0.5, 0.6) is 0 Å². The van der Waals surface area contributed by atoms with Crippen molar-refractivity contribution >= 4 is 53.0 Å². The largest absolute Gasteiger partial charge is 0.305 e. The van der Waals surface area contributed by atoms with E-state index in [2.05, 4.69) is 228 Å². The van der Waals surface area contributed by atoms with Crippen molar-refractivity contribution in [2.75, 3.05) is 0 Å². The standard InChI is InChI=1S/C20H26NSi.C18H22NSi.2C17H20NSi.2C12H10N.C11H8N.4Ir/c1-16(2)13-18-14-19(17-9-5-4-6-10-17)21-15-20(18)22(3)11-7-8-12-22;1-15-13-17(16-9-5-3-6-10-16)19-14-18(15)20(2)11-7-4-8-12-20;1-14-12-16(15-8-4-3-5-9-15)18-13-17(14)19(2)10-6-7-11-19;1-19(12-6-3-7-13-19)16-10-11-17(18-14-16)15-8-4-2-5-9-15;2*1-10-6-5-9-13-12(10)11-7-3-2-4-8-11;1-2-6-10(7-3-1)11-8-4-5-9-12-11;;;;/h4-6,9,14-16H,7-8,11-13H2,1-3H3;3,5-6,9,13-14H,4,7-8,11-12H2,1-2H3;3-5,8,12-13H,6-7,10-11H2,1-2H3;2,4-5,8,10-11,14H,3,6-7,12-13H2,1H3;2*2-7,9H,1H3;1-6,8-9H;;;;/q7*-1;;;;. The van der Waals surface area contributed by atoms with E-state index in [9.17, 15) is 0 Å². The summed E-state index contributed by atoms with van der Waals surface area (Å²) in [4.78, 5) is 31.8. The van der Waals surface area contributed by atoms with E-state index < -0.39 is 32.3 Å². The van der Waals surface area contributed by atoms with Crippen LogP contribution in [0, 0.1) is 76.1 Å². The van der Waals surface area contributed by atoms with Gasteiger partial charge in [-0.25, -0.2) is 0 Å². The van der Waals surface area contributed by atoms with E-state index in [1.54, 1.807) is 27.3 Å². The van der Waals surface area contributed by atoms with Crippen molar-refractivity contribution in [3.05, 3.63) is 356 Å². The van der Waals surface area contributed by atoms with Gasteiger partial charge in [0.25, 0.3) is 0 Å². The van der Waals surface area contributed by atoms with Crippen LogP contribution in [0.4, 0.5) is 0 Å². The van der Waals surface area contributed by atoms with E-state index in [-0.39, 0.29) is 80.4 Å². The fraction of sp³-hybridized carbons (Fsp3) is 0.280. The second-order valence-electron chi connectivity index (χ2n) is 33.8. The van der Waals surface area contributed by atoms with Gasteiger partial charge in [-0.3, -0.25) is 0 Å². The topological polar surface area (TPSA) is 90.2 Å². The second-order valence-corrected chi connectivity index (χ2v) is 52.5. The van der Waals surface area contributed by atoms with Crippen LogP contribution in [-0.2, 0) is 86.8 Å². The molecular formula is C107H116Ir4N7Si4-7. The summed E-state index contributed by atoms with van der Waals surface area (Å²) in [6, 6.07) is 115. The van der Waals surface area contributed by atoms with Gasteiger partial charge in [0, 0.05) is 124 Å². The Kier molecular flexibility index (Phi) is 41.0. The van der Waals surface area contributed by atoms with Gasteiger partial charge in [-0.05, 0) is 119 Å². The predicted octanol–water partition coefficient (Wildman–Crippen LogP) is 25.4. The summed E-state index contributed by atoms with van der Waals surface area (Å²) in [7, 11) is -4.94. The third kappa shape index (κ3) is 28.3. The molecule has 0 N–H and O–H groups in total. The van der Waals surface area contributed by atoms with E-state index in [1.807, 2.05) is 182 Å². The summed E-state index contributed by atoms with van der Waals surface area (Å²) in [5.41, 5.74) is 21.6. The summed E-state index contributed by atoms with van der Waals surface area (Å²) in [5.74, 6) is 0.688. The van der Waals surface area contributed by atoms with Gasteiger partial charge < -0.3 is 34.9 Å². The first-order chi connectivity index (χ1) is 57.5. The maximum absolute atomic E-state index is 4.81. The molecule has 0 atom stereocenters. The third-order valence-electron chi connectivity index (χ3n) is 24.1. The van der Waals surface area contributed by atoms with Crippen molar-refractivity contribution in [1.82, 2.24) is 34.9 Å². The van der Waals surface area contributed by atoms with Gasteiger partial charge in [0.1, 0.15) is 0 Å². The number of hydrogen-bond donors (Lipinski definition) is 0. The molecule has 7 nitrogen and oxygen atoms in total. The van der Waals surface area contributed by atoms with Crippen LogP contribution in [0.1, 0.15) is 106 Å². The molecule has 0 spiro atoms. The Bertz CT molecular complexity index is 5220. The van der Waals surface area contributed by atoms with Crippen LogP contribution in [0.3, 0.4) is 0 Å². The van der Waals surface area contributed by atoms with Crippen LogP contribution >= 0.6 is 0 Å². The van der Waals surface area contributed by atoms with Crippen molar-refractivity contribution in [2.24, 2.45) is 5.92 Å². The van der Waals surface area contributed by atoms with Crippen molar-refractivity contribution in [2.45, 2.75) is 187 Å². The number of rotatable bonds is 13. The summed E-state index contributed by atoms with van der Waals surface area (Å²) in [6.45, 7) is 23.4. The van der Waals surface area contributed by atoms with Gasteiger partial charge in [-0.2, -0.15) is 0 Å². The zero-order valence-corrected chi connectivity index (χ0v) is 86.2. The first kappa shape index (κ1) is 99.5. The van der Waals surface area contributed by atoms with E-state index in [0.717, 1.165) is 78.8 Å². The SMILES string of the molecule is CC(C)Cc1cc(-c2[c-]cccc2)ncc1[Si]1(C)CCCC1.C[Si]1(c2ccc(-c3[c-]cccc3)nc2)CCCCC1.Cc1cc(-c2[c-]cccc2)ncc1[Si]1(C)CCCC1.Cc1cc(-c2[c-]cccc2)ncc1[Si]1(C)CCCCC1.Cc1cccnc1-c1[c-]cccc1.Cc1cccnc1-c1[c-]cccc1.[Ir].[Ir].[Ir].[Ir].[c-]1ccccc1-c1ccccn1. The zero-order valence-electron chi connectivity index (χ0n) is 72.6. The number of aromatic nitrogens is 7. The van der Waals surface area contributed by atoms with Crippen LogP contribution in [0.25, 0.3) is 78.8 Å². The molecule has 122 heavy (non-hydrogen) atoms. The average Bonchev–Trinajstić information content (AvgIpc) is 1.32. The molecule has 638 valence electrons. The maximum Gasteiger partial charge on any atom is 0.0859 e. The van der Waals surface area contributed by atoms with Gasteiger partial charge in [0.15, 0.2) is 0 Å². The van der Waals surface area contributed by atoms with Crippen molar-refractivity contribution < 1.29 is 80.4 Å². The van der Waals surface area contributed by atoms with Gasteiger partial charge in [-0.15, -0.1) is 251 Å². The fourth-order valence-corrected chi connectivity index (χ4v) is 33.8. The normalized spacial score (nSPS) is 14.6. The Morgan fingerprint density at radius 1 is 0.270 bits per heavy atom. The van der Waals surface area contributed by atoms with E-state index in [1.165, 1.54) is 146 Å². The van der Waals surface area contributed by atoms with Crippen molar-refractivity contribution in [1.29, 1.82) is 0 Å². The molecule has 4 fully saturated rings. The molecule has 15 heteroatoms. The smallest absolute Gasteiger partial charge is 0.0859 e. The number of pyridine rings is 7. The Balaban J connectivity index is 0.000000178. The summed E-state index contributed by atoms with van der Waals surface area (Å²) in [6.07, 6.45) is 29.4. The molecule has 18 rings (SSSR count). The number of aryl methyl sites for hydroxylation is 4. The molecule has 11 heterocycles. The Morgan fingerprint density at radius 3 is 0.893 bits per heavy atom. The van der Waals surface area contributed by atoms with E-state index >= 15 is 0 Å². The summed E-state index contributed by atoms with van der Waals surface area (Å²) >= 11 is 0. The number of hydrogen-bond acceptors (Lipinski definition) is 7. The van der Waals surface area contributed by atoms with Crippen molar-refractivity contribution in [3.8, 4) is 78.8 Å². The average molecular weight is 2380 g/mol. The maximum atomic E-state index is 4.81. The van der Waals surface area contributed by atoms with E-state index in [0.29, 0.717) is 5.92 Å². The van der Waals surface area contributed by atoms with Crippen LogP contribution in [0.2, 0.25) is 74.5 Å². The Labute approximate surface area is 788 Å². The molecular weight excluding hydrogens is 2260 g/mol. The molecule has 4 aliphatic heterocycles. The minimum atomic E-state index is -1.27. The molecule has 4 radical (unpaired) electrons. The minimum Gasteiger partial charge on any atom is -0.305 e. The first-order valence-corrected chi connectivity index (χ1v) is 54.6. The van der Waals surface area contributed by atoms with Gasteiger partial charge in [-0.1, -0.05) is 235 Å². The zero-order chi connectivity index (χ0) is 82.4. The molecule has 0 saturated carbocycles. The predicted molar refractivity (Wildman–Crippen MR) is 507 cm³/mol. The Morgan fingerprint density at radius 2 is 0.574 bits per heavy atom. The molecule has 7 aromatic heterocycles. The number of benzene rings is 7. The van der Waals surface area contributed by atoms with Crippen LogP contribution in [0.15, 0.2) is 286 Å². The fourth-order valence-electron chi connectivity index (χ4n) is 17.4. The van der Waals surface area contributed by atoms with Crippen LogP contribution < -0.4 is 20.7 Å². The number of nitrogens with zero attached hydrogens (tertiary/aromatic N) is 7. The molecule has 0 amide bonds. The molecule has 7 aromatic carbocycles. The Hall–Kier alpha value is -7.95. The molecule has 0 bridgehead atoms. The second kappa shape index (κ2) is 50.3. The van der Waals surface area contributed by atoms with Crippen LogP contribution in [-0.4, -0.2) is 67.2 Å².